The first-order valence-electron chi connectivity index (χ1n) is 8.75. The van der Waals surface area contributed by atoms with Crippen LogP contribution in [-0.2, 0) is 9.59 Å². The van der Waals surface area contributed by atoms with Gasteiger partial charge in [0.05, 0.1) is 11.6 Å². The minimum atomic E-state index is -0.740. The number of amides is 1. The fourth-order valence-electron chi connectivity index (χ4n) is 3.28. The molecule has 0 saturated heterocycles. The molecule has 0 fully saturated rings. The Kier molecular flexibility index (Phi) is 4.87. The lowest BCUT2D eigenvalue weighted by Crippen LogP contribution is -2.33. The standard InChI is InChI=1S/C22H22ClNO3/c1-13-10-11-15(23)12-16(13)24-18(14-8-6-5-7-9-14)17(19(25)21(24)27)20(26)22(2,3)4/h5-12,18,25H,1-4H3. The third-order valence-electron chi connectivity index (χ3n) is 4.68. The van der Waals surface area contributed by atoms with Crippen LogP contribution in [0, 0.1) is 12.3 Å². The highest BCUT2D eigenvalue weighted by molar-refractivity contribution is 6.31. The molecule has 0 spiro atoms. The van der Waals surface area contributed by atoms with Crippen molar-refractivity contribution in [3.8, 4) is 0 Å². The number of aryl methyl sites for hydroxylation is 1. The fourth-order valence-corrected chi connectivity index (χ4v) is 3.45. The quantitative estimate of drug-likeness (QED) is 0.796. The van der Waals surface area contributed by atoms with E-state index in [4.69, 9.17) is 11.6 Å². The zero-order chi connectivity index (χ0) is 19.9. The number of aliphatic hydroxyl groups is 1. The van der Waals surface area contributed by atoms with Crippen molar-refractivity contribution in [2.45, 2.75) is 33.7 Å². The fraction of sp³-hybridized carbons (Fsp3) is 0.273. The Labute approximate surface area is 164 Å². The first-order valence-corrected chi connectivity index (χ1v) is 9.13. The lowest BCUT2D eigenvalue weighted by Gasteiger charge is -2.30. The van der Waals surface area contributed by atoms with Crippen LogP contribution in [0.4, 0.5) is 5.69 Å². The van der Waals surface area contributed by atoms with E-state index in [2.05, 4.69) is 0 Å². The van der Waals surface area contributed by atoms with Crippen molar-refractivity contribution < 1.29 is 14.7 Å². The van der Waals surface area contributed by atoms with Gasteiger partial charge in [-0.1, -0.05) is 68.8 Å². The average molecular weight is 384 g/mol. The third kappa shape index (κ3) is 3.37. The van der Waals surface area contributed by atoms with Crippen molar-refractivity contribution in [3.05, 3.63) is 76.0 Å². The number of ketones is 1. The maximum Gasteiger partial charge on any atom is 0.294 e. The molecular weight excluding hydrogens is 362 g/mol. The van der Waals surface area contributed by atoms with E-state index < -0.39 is 23.1 Å². The summed E-state index contributed by atoms with van der Waals surface area (Å²) in [7, 11) is 0. The van der Waals surface area contributed by atoms with E-state index in [1.54, 1.807) is 32.9 Å². The monoisotopic (exact) mass is 383 g/mol. The number of halogens is 1. The molecule has 2 aromatic rings. The molecule has 2 aromatic carbocycles. The summed E-state index contributed by atoms with van der Waals surface area (Å²) in [4.78, 5) is 27.6. The second-order valence-corrected chi connectivity index (χ2v) is 8.20. The zero-order valence-corrected chi connectivity index (χ0v) is 16.5. The van der Waals surface area contributed by atoms with Gasteiger partial charge >= 0.3 is 0 Å². The van der Waals surface area contributed by atoms with Crippen LogP contribution in [0.15, 0.2) is 59.9 Å². The average Bonchev–Trinajstić information content (AvgIpc) is 2.88. The molecule has 0 bridgehead atoms. The number of anilines is 1. The second kappa shape index (κ2) is 6.86. The summed E-state index contributed by atoms with van der Waals surface area (Å²) < 4.78 is 0. The summed E-state index contributed by atoms with van der Waals surface area (Å²) in [5.74, 6) is -1.35. The zero-order valence-electron chi connectivity index (χ0n) is 15.8. The Balaban J connectivity index is 2.25. The van der Waals surface area contributed by atoms with Gasteiger partial charge in [0, 0.05) is 16.1 Å². The van der Waals surface area contributed by atoms with Crippen molar-refractivity contribution >= 4 is 29.0 Å². The molecule has 1 aliphatic heterocycles. The Morgan fingerprint density at radius 2 is 1.74 bits per heavy atom. The maximum absolute atomic E-state index is 13.1. The smallest absolute Gasteiger partial charge is 0.294 e. The Bertz CT molecular complexity index is 942. The molecule has 1 atom stereocenters. The van der Waals surface area contributed by atoms with Crippen molar-refractivity contribution in [2.24, 2.45) is 5.41 Å². The summed E-state index contributed by atoms with van der Waals surface area (Å²) in [6.07, 6.45) is 0. The van der Waals surface area contributed by atoms with Crippen LogP contribution in [0.2, 0.25) is 5.02 Å². The summed E-state index contributed by atoms with van der Waals surface area (Å²) >= 11 is 6.16. The number of Topliss-reactive ketones (excluding diaryl/α,β-unsaturated/α-hetero) is 1. The van der Waals surface area contributed by atoms with Crippen LogP contribution in [0.5, 0.6) is 0 Å². The van der Waals surface area contributed by atoms with Crippen molar-refractivity contribution in [2.75, 3.05) is 4.90 Å². The number of hydrogen-bond acceptors (Lipinski definition) is 3. The van der Waals surface area contributed by atoms with Gasteiger partial charge in [-0.15, -0.1) is 0 Å². The predicted octanol–water partition coefficient (Wildman–Crippen LogP) is 5.16. The molecule has 27 heavy (non-hydrogen) atoms. The SMILES string of the molecule is Cc1ccc(Cl)cc1N1C(=O)C(O)=C(C(=O)C(C)(C)C)C1c1ccccc1. The normalized spacial score (nSPS) is 17.6. The van der Waals surface area contributed by atoms with Crippen molar-refractivity contribution in [1.82, 2.24) is 0 Å². The van der Waals surface area contributed by atoms with Gasteiger partial charge in [-0.25, -0.2) is 0 Å². The molecule has 1 aliphatic rings. The van der Waals surface area contributed by atoms with Gasteiger partial charge in [0.15, 0.2) is 11.5 Å². The van der Waals surface area contributed by atoms with Gasteiger partial charge in [0.1, 0.15) is 0 Å². The van der Waals surface area contributed by atoms with Crippen LogP contribution in [0.25, 0.3) is 0 Å². The number of carbonyl (C=O) groups is 2. The molecule has 0 saturated carbocycles. The first kappa shape index (κ1) is 19.2. The lowest BCUT2D eigenvalue weighted by molar-refractivity contribution is -0.123. The van der Waals surface area contributed by atoms with Crippen LogP contribution in [0.3, 0.4) is 0 Å². The van der Waals surface area contributed by atoms with Gasteiger partial charge in [-0.05, 0) is 30.2 Å². The molecule has 0 aromatic heterocycles. The van der Waals surface area contributed by atoms with E-state index in [1.807, 2.05) is 43.3 Å². The largest absolute Gasteiger partial charge is 0.503 e. The number of hydrogen-bond donors (Lipinski definition) is 1. The number of carbonyl (C=O) groups excluding carboxylic acids is 2. The van der Waals surface area contributed by atoms with E-state index >= 15 is 0 Å². The highest BCUT2D eigenvalue weighted by Gasteiger charge is 2.46. The highest BCUT2D eigenvalue weighted by Crippen LogP contribution is 2.44. The molecule has 140 valence electrons. The van der Waals surface area contributed by atoms with E-state index in [9.17, 15) is 14.7 Å². The molecular formula is C22H22ClNO3. The van der Waals surface area contributed by atoms with Gasteiger partial charge < -0.3 is 5.11 Å². The summed E-state index contributed by atoms with van der Waals surface area (Å²) in [6.45, 7) is 7.18. The number of benzene rings is 2. The molecule has 0 radical (unpaired) electrons. The van der Waals surface area contributed by atoms with Gasteiger partial charge in [-0.2, -0.15) is 0 Å². The topological polar surface area (TPSA) is 57.6 Å². The van der Waals surface area contributed by atoms with Crippen molar-refractivity contribution in [1.29, 1.82) is 0 Å². The Morgan fingerprint density at radius 3 is 2.33 bits per heavy atom. The van der Waals surface area contributed by atoms with E-state index in [0.717, 1.165) is 11.1 Å². The number of aliphatic hydroxyl groups excluding tert-OH is 1. The van der Waals surface area contributed by atoms with Crippen LogP contribution in [-0.4, -0.2) is 16.8 Å². The van der Waals surface area contributed by atoms with Gasteiger partial charge in [0.25, 0.3) is 5.91 Å². The van der Waals surface area contributed by atoms with E-state index in [1.165, 1.54) is 4.90 Å². The second-order valence-electron chi connectivity index (χ2n) is 7.76. The molecule has 1 unspecified atom stereocenters. The van der Waals surface area contributed by atoms with Crippen LogP contribution in [0.1, 0.15) is 37.9 Å². The Hall–Kier alpha value is -2.59. The molecule has 3 rings (SSSR count). The van der Waals surface area contributed by atoms with Crippen molar-refractivity contribution in [3.63, 3.8) is 0 Å². The minimum Gasteiger partial charge on any atom is -0.503 e. The molecule has 1 amide bonds. The molecule has 0 aliphatic carbocycles. The molecule has 4 nitrogen and oxygen atoms in total. The number of nitrogens with zero attached hydrogens (tertiary/aromatic N) is 1. The first-order chi connectivity index (χ1) is 12.6. The predicted molar refractivity (Wildman–Crippen MR) is 107 cm³/mol. The lowest BCUT2D eigenvalue weighted by atomic mass is 9.82. The maximum atomic E-state index is 13.1. The van der Waals surface area contributed by atoms with E-state index in [0.29, 0.717) is 10.7 Å². The highest BCUT2D eigenvalue weighted by atomic mass is 35.5. The van der Waals surface area contributed by atoms with Crippen LogP contribution >= 0.6 is 11.6 Å². The minimum absolute atomic E-state index is 0.123. The summed E-state index contributed by atoms with van der Waals surface area (Å²) in [5, 5.41) is 11.1. The van der Waals surface area contributed by atoms with E-state index in [-0.39, 0.29) is 11.4 Å². The molecule has 1 N–H and O–H groups in total. The molecule has 1 heterocycles. The summed E-state index contributed by atoms with van der Waals surface area (Å²) in [6, 6.07) is 13.8. The Morgan fingerprint density at radius 1 is 1.11 bits per heavy atom. The summed E-state index contributed by atoms with van der Waals surface area (Å²) in [5.41, 5.74) is 1.53. The van der Waals surface area contributed by atoms with Crippen LogP contribution < -0.4 is 4.90 Å². The third-order valence-corrected chi connectivity index (χ3v) is 4.92. The van der Waals surface area contributed by atoms with Gasteiger partial charge in [0.2, 0.25) is 0 Å². The van der Waals surface area contributed by atoms with Gasteiger partial charge in [-0.3, -0.25) is 14.5 Å². The molecule has 5 heteroatoms. The number of rotatable bonds is 3.